The van der Waals surface area contributed by atoms with Gasteiger partial charge in [0.2, 0.25) is 5.91 Å². The molecule has 2 aliphatic rings. The topological polar surface area (TPSA) is 84.6 Å². The number of likely N-dealkylation sites (N-methyl/N-ethyl adjacent to an activating group) is 1. The number of benzene rings is 2. The molecule has 0 spiro atoms. The monoisotopic (exact) mass is 512 g/mol. The number of nitrogens with one attached hydrogen (secondary N) is 1. The molecule has 8 heteroatoms. The number of pyridine rings is 1. The first-order valence-corrected chi connectivity index (χ1v) is 12.8. The molecule has 3 heterocycles. The number of amides is 1. The maximum atomic E-state index is 14.1. The molecule has 1 N–H and O–H groups in total. The van der Waals surface area contributed by atoms with Gasteiger partial charge in [0.25, 0.3) is 0 Å². The standard InChI is InChI=1S/C29H29ClN6O/c1-18-7-22(30)11-24(8-18)36-17-34-27-9-19(2)25(21-10-20(13-31)14-32-15-21)12-26(27)28(36)29(37)35(3)16-23-5-4-6-33-23/h7-12,14-15,17,23,28,33H,4-6,16H2,1-3H3/t23-,28?/m0/s1. The van der Waals surface area contributed by atoms with E-state index in [0.717, 1.165) is 58.6 Å². The second-order valence-corrected chi connectivity index (χ2v) is 10.3. The van der Waals surface area contributed by atoms with Gasteiger partial charge in [0.05, 0.1) is 17.6 Å². The number of anilines is 1. The van der Waals surface area contributed by atoms with Crippen molar-refractivity contribution < 1.29 is 4.79 Å². The number of hydrogen-bond donors (Lipinski definition) is 1. The van der Waals surface area contributed by atoms with Gasteiger partial charge in [-0.3, -0.25) is 9.78 Å². The molecule has 188 valence electrons. The normalized spacial score (nSPS) is 18.4. The predicted molar refractivity (Wildman–Crippen MR) is 147 cm³/mol. The van der Waals surface area contributed by atoms with E-state index < -0.39 is 6.04 Å². The van der Waals surface area contributed by atoms with Crippen LogP contribution in [0.5, 0.6) is 0 Å². The summed E-state index contributed by atoms with van der Waals surface area (Å²) in [5, 5.41) is 13.5. The Labute approximate surface area is 222 Å². The summed E-state index contributed by atoms with van der Waals surface area (Å²) in [6, 6.07) is 13.4. The predicted octanol–water partition coefficient (Wildman–Crippen LogP) is 5.32. The number of fused-ring (bicyclic) bond motifs is 1. The molecule has 1 amide bonds. The van der Waals surface area contributed by atoms with Crippen LogP contribution in [-0.4, -0.2) is 48.3 Å². The van der Waals surface area contributed by atoms with Gasteiger partial charge in [0, 0.05) is 53.9 Å². The number of carbonyl (C=O) groups excluding carboxylic acids is 1. The third kappa shape index (κ3) is 5.08. The molecule has 2 atom stereocenters. The van der Waals surface area contributed by atoms with Crippen LogP contribution in [-0.2, 0) is 4.79 Å². The van der Waals surface area contributed by atoms with Crippen LogP contribution < -0.4 is 10.2 Å². The van der Waals surface area contributed by atoms with Gasteiger partial charge >= 0.3 is 0 Å². The summed E-state index contributed by atoms with van der Waals surface area (Å²) >= 11 is 6.42. The van der Waals surface area contributed by atoms with E-state index in [1.807, 2.05) is 67.1 Å². The third-order valence-electron chi connectivity index (χ3n) is 7.04. The van der Waals surface area contributed by atoms with E-state index >= 15 is 0 Å². The Morgan fingerprint density at radius 1 is 1.22 bits per heavy atom. The van der Waals surface area contributed by atoms with Crippen LogP contribution in [0, 0.1) is 25.2 Å². The number of hydrogen-bond acceptors (Lipinski definition) is 6. The molecule has 3 aromatic rings. The molecular formula is C29H29ClN6O. The SMILES string of the molecule is Cc1cc(Cl)cc(N2C=Nc3cc(C)c(-c4cncc(C#N)c4)cc3C2C(=O)N(C)C[C@@H]2CCCN2)c1. The minimum absolute atomic E-state index is 0.0163. The van der Waals surface area contributed by atoms with Crippen LogP contribution in [0.25, 0.3) is 11.1 Å². The molecule has 1 fully saturated rings. The van der Waals surface area contributed by atoms with Gasteiger partial charge in [-0.25, -0.2) is 4.99 Å². The van der Waals surface area contributed by atoms with Crippen LogP contribution in [0.4, 0.5) is 11.4 Å². The first-order valence-electron chi connectivity index (χ1n) is 12.4. The summed E-state index contributed by atoms with van der Waals surface area (Å²) < 4.78 is 0. The second-order valence-electron chi connectivity index (χ2n) is 9.85. The van der Waals surface area contributed by atoms with Gasteiger partial charge in [-0.05, 0) is 86.3 Å². The summed E-state index contributed by atoms with van der Waals surface area (Å²) in [5.41, 5.74) is 6.59. The highest BCUT2D eigenvalue weighted by Crippen LogP contribution is 2.41. The lowest BCUT2D eigenvalue weighted by molar-refractivity contribution is -0.131. The highest BCUT2D eigenvalue weighted by atomic mass is 35.5. The first-order chi connectivity index (χ1) is 17.8. The fraction of sp³-hybridized carbons (Fsp3) is 0.310. The van der Waals surface area contributed by atoms with Crippen LogP contribution >= 0.6 is 11.6 Å². The number of carbonyl (C=O) groups is 1. The van der Waals surface area contributed by atoms with E-state index in [0.29, 0.717) is 23.2 Å². The van der Waals surface area contributed by atoms with E-state index in [1.54, 1.807) is 18.7 Å². The fourth-order valence-corrected chi connectivity index (χ4v) is 5.50. The van der Waals surface area contributed by atoms with Crippen molar-refractivity contribution in [3.8, 4) is 17.2 Å². The molecule has 37 heavy (non-hydrogen) atoms. The molecule has 0 aliphatic carbocycles. The molecule has 7 nitrogen and oxygen atoms in total. The van der Waals surface area contributed by atoms with E-state index in [1.165, 1.54) is 0 Å². The van der Waals surface area contributed by atoms with Crippen molar-refractivity contribution in [3.05, 3.63) is 76.1 Å². The molecule has 1 unspecified atom stereocenters. The van der Waals surface area contributed by atoms with Gasteiger partial charge in [0.15, 0.2) is 0 Å². The summed E-state index contributed by atoms with van der Waals surface area (Å²) in [7, 11) is 1.87. The summed E-state index contributed by atoms with van der Waals surface area (Å²) in [6.07, 6.45) is 7.20. The number of aromatic nitrogens is 1. The largest absolute Gasteiger partial charge is 0.342 e. The minimum atomic E-state index is -0.622. The fourth-order valence-electron chi connectivity index (χ4n) is 5.22. The number of aliphatic imine (C=N–C) groups is 1. The van der Waals surface area contributed by atoms with E-state index in [2.05, 4.69) is 16.4 Å². The van der Waals surface area contributed by atoms with Gasteiger partial charge in [-0.1, -0.05) is 11.6 Å². The number of nitrogens with zero attached hydrogens (tertiary/aromatic N) is 5. The van der Waals surface area contributed by atoms with Crippen molar-refractivity contribution in [2.24, 2.45) is 4.99 Å². The lowest BCUT2D eigenvalue weighted by Crippen LogP contribution is -2.46. The molecule has 2 aromatic carbocycles. The molecule has 1 aromatic heterocycles. The van der Waals surface area contributed by atoms with Crippen LogP contribution in [0.3, 0.4) is 0 Å². The van der Waals surface area contributed by atoms with Crippen molar-refractivity contribution in [1.82, 2.24) is 15.2 Å². The lowest BCUT2D eigenvalue weighted by Gasteiger charge is -2.36. The van der Waals surface area contributed by atoms with Crippen LogP contribution in [0.2, 0.25) is 5.02 Å². The third-order valence-corrected chi connectivity index (χ3v) is 7.26. The van der Waals surface area contributed by atoms with Gasteiger partial charge < -0.3 is 15.1 Å². The van der Waals surface area contributed by atoms with Crippen molar-refractivity contribution in [1.29, 1.82) is 5.26 Å². The Morgan fingerprint density at radius 2 is 2.05 bits per heavy atom. The number of nitriles is 1. The second kappa shape index (κ2) is 10.3. The first kappa shape index (κ1) is 24.9. The highest BCUT2D eigenvalue weighted by molar-refractivity contribution is 6.31. The van der Waals surface area contributed by atoms with Crippen molar-refractivity contribution in [3.63, 3.8) is 0 Å². The summed E-state index contributed by atoms with van der Waals surface area (Å²) in [6.45, 7) is 5.61. The van der Waals surface area contributed by atoms with Crippen LogP contribution in [0.1, 0.15) is 41.1 Å². The Morgan fingerprint density at radius 3 is 2.78 bits per heavy atom. The van der Waals surface area contributed by atoms with Gasteiger partial charge in [0.1, 0.15) is 12.1 Å². The molecule has 1 saturated heterocycles. The van der Waals surface area contributed by atoms with Crippen molar-refractivity contribution in [2.75, 3.05) is 25.0 Å². The Bertz CT molecular complexity index is 1400. The van der Waals surface area contributed by atoms with Crippen molar-refractivity contribution in [2.45, 2.75) is 38.8 Å². The smallest absolute Gasteiger partial charge is 0.250 e. The number of rotatable bonds is 5. The Kier molecular flexibility index (Phi) is 6.96. The Hall–Kier alpha value is -3.73. The molecule has 0 bridgehead atoms. The zero-order valence-corrected chi connectivity index (χ0v) is 22.0. The average molecular weight is 513 g/mol. The van der Waals surface area contributed by atoms with E-state index in [-0.39, 0.29) is 5.91 Å². The Balaban J connectivity index is 1.62. The van der Waals surface area contributed by atoms with Gasteiger partial charge in [-0.15, -0.1) is 0 Å². The summed E-state index contributed by atoms with van der Waals surface area (Å²) in [5.74, 6) is -0.0163. The molecule has 2 aliphatic heterocycles. The van der Waals surface area contributed by atoms with Crippen LogP contribution in [0.15, 0.2) is 53.8 Å². The molecule has 0 saturated carbocycles. The lowest BCUT2D eigenvalue weighted by atomic mass is 9.92. The number of halogens is 1. The molecule has 0 radical (unpaired) electrons. The van der Waals surface area contributed by atoms with Gasteiger partial charge in [-0.2, -0.15) is 5.26 Å². The van der Waals surface area contributed by atoms with E-state index in [4.69, 9.17) is 16.6 Å². The maximum absolute atomic E-state index is 14.1. The van der Waals surface area contributed by atoms with E-state index in [9.17, 15) is 10.1 Å². The molecular weight excluding hydrogens is 484 g/mol. The molecule has 5 rings (SSSR count). The maximum Gasteiger partial charge on any atom is 0.250 e. The summed E-state index contributed by atoms with van der Waals surface area (Å²) in [4.78, 5) is 26.9. The number of aryl methyl sites for hydroxylation is 2. The highest BCUT2D eigenvalue weighted by Gasteiger charge is 2.35. The zero-order valence-electron chi connectivity index (χ0n) is 21.2. The average Bonchev–Trinajstić information content (AvgIpc) is 3.39. The quantitative estimate of drug-likeness (QED) is 0.500. The zero-order chi connectivity index (χ0) is 26.1. The van der Waals surface area contributed by atoms with Crippen molar-refractivity contribution >= 4 is 35.2 Å². The minimum Gasteiger partial charge on any atom is -0.342 e.